The summed E-state index contributed by atoms with van der Waals surface area (Å²) in [5.74, 6) is 0.0869. The van der Waals surface area contributed by atoms with Crippen molar-refractivity contribution in [2.75, 3.05) is 52.5 Å². The fourth-order valence-corrected chi connectivity index (χ4v) is 2.44. The summed E-state index contributed by atoms with van der Waals surface area (Å²) in [5, 5.41) is 18.9. The molecule has 0 spiro atoms. The fourth-order valence-electron chi connectivity index (χ4n) is 2.44. The highest BCUT2D eigenvalue weighted by Gasteiger charge is 2.19. The first kappa shape index (κ1) is 16.2. The van der Waals surface area contributed by atoms with Gasteiger partial charge in [-0.05, 0) is 12.1 Å². The van der Waals surface area contributed by atoms with Gasteiger partial charge in [0.25, 0.3) is 0 Å². The number of rotatable bonds is 7. The van der Waals surface area contributed by atoms with Crippen LogP contribution in [0.3, 0.4) is 0 Å². The van der Waals surface area contributed by atoms with E-state index in [-0.39, 0.29) is 19.0 Å². The van der Waals surface area contributed by atoms with Crippen molar-refractivity contribution in [1.82, 2.24) is 9.80 Å². The summed E-state index contributed by atoms with van der Waals surface area (Å²) in [6, 6.07) is 5.91. The number of nitrogens with zero attached hydrogens (tertiary/aromatic N) is 2. The van der Waals surface area contributed by atoms with E-state index >= 15 is 0 Å². The van der Waals surface area contributed by atoms with Gasteiger partial charge < -0.3 is 14.9 Å². The molecule has 0 aromatic heterocycles. The maximum absolute atomic E-state index is 13.0. The molecule has 1 aromatic carbocycles. The van der Waals surface area contributed by atoms with Gasteiger partial charge in [0.15, 0.2) is 0 Å². The van der Waals surface area contributed by atoms with Crippen LogP contribution in [0, 0.1) is 5.82 Å². The first-order valence-electron chi connectivity index (χ1n) is 7.29. The molecule has 1 saturated heterocycles. The second kappa shape index (κ2) is 8.29. The van der Waals surface area contributed by atoms with E-state index in [1.54, 1.807) is 12.1 Å². The van der Waals surface area contributed by atoms with Crippen molar-refractivity contribution in [2.45, 2.75) is 6.10 Å². The number of halogens is 1. The van der Waals surface area contributed by atoms with Gasteiger partial charge in [0.05, 0.1) is 6.61 Å². The minimum atomic E-state index is -0.599. The van der Waals surface area contributed by atoms with Crippen LogP contribution < -0.4 is 4.74 Å². The molecule has 0 amide bonds. The van der Waals surface area contributed by atoms with Gasteiger partial charge >= 0.3 is 0 Å². The van der Waals surface area contributed by atoms with Crippen LogP contribution in [-0.2, 0) is 0 Å². The lowest BCUT2D eigenvalue weighted by atomic mass is 10.2. The molecule has 1 aliphatic rings. The molecule has 1 aromatic rings. The third-order valence-corrected chi connectivity index (χ3v) is 3.59. The quantitative estimate of drug-likeness (QED) is 0.752. The van der Waals surface area contributed by atoms with E-state index < -0.39 is 6.10 Å². The van der Waals surface area contributed by atoms with Gasteiger partial charge in [-0.1, -0.05) is 6.07 Å². The molecule has 0 saturated carbocycles. The second-order valence-corrected chi connectivity index (χ2v) is 5.29. The Labute approximate surface area is 124 Å². The smallest absolute Gasteiger partial charge is 0.126 e. The Morgan fingerprint density at radius 1 is 1.19 bits per heavy atom. The Hall–Kier alpha value is -1.21. The van der Waals surface area contributed by atoms with Crippen molar-refractivity contribution in [3.63, 3.8) is 0 Å². The summed E-state index contributed by atoms with van der Waals surface area (Å²) >= 11 is 0. The van der Waals surface area contributed by atoms with Gasteiger partial charge in [-0.2, -0.15) is 0 Å². The third kappa shape index (κ3) is 5.59. The molecular formula is C15H23FN2O3. The Morgan fingerprint density at radius 3 is 2.57 bits per heavy atom. The average molecular weight is 298 g/mol. The van der Waals surface area contributed by atoms with Crippen molar-refractivity contribution >= 4 is 0 Å². The number of piperazine rings is 1. The van der Waals surface area contributed by atoms with E-state index in [0.29, 0.717) is 18.8 Å². The number of ether oxygens (including phenoxy) is 1. The maximum atomic E-state index is 13.0. The number of aliphatic hydroxyl groups excluding tert-OH is 2. The van der Waals surface area contributed by atoms with Crippen molar-refractivity contribution in [2.24, 2.45) is 0 Å². The molecule has 1 fully saturated rings. The first-order valence-corrected chi connectivity index (χ1v) is 7.29. The largest absolute Gasteiger partial charge is 0.491 e. The van der Waals surface area contributed by atoms with E-state index in [4.69, 9.17) is 9.84 Å². The van der Waals surface area contributed by atoms with Gasteiger partial charge in [-0.15, -0.1) is 0 Å². The van der Waals surface area contributed by atoms with E-state index in [1.165, 1.54) is 12.1 Å². The lowest BCUT2D eigenvalue weighted by molar-refractivity contribution is 0.0428. The molecule has 5 nitrogen and oxygen atoms in total. The Balaban J connectivity index is 1.67. The normalized spacial score (nSPS) is 18.6. The fraction of sp³-hybridized carbons (Fsp3) is 0.600. The summed E-state index contributed by atoms with van der Waals surface area (Å²) in [4.78, 5) is 4.37. The first-order chi connectivity index (χ1) is 10.2. The predicted molar refractivity (Wildman–Crippen MR) is 77.9 cm³/mol. The highest BCUT2D eigenvalue weighted by atomic mass is 19.1. The number of aliphatic hydroxyl groups is 2. The third-order valence-electron chi connectivity index (χ3n) is 3.59. The lowest BCUT2D eigenvalue weighted by Crippen LogP contribution is -2.49. The van der Waals surface area contributed by atoms with Crippen LogP contribution in [0.1, 0.15) is 0 Å². The number of hydrogen-bond donors (Lipinski definition) is 2. The summed E-state index contributed by atoms with van der Waals surface area (Å²) < 4.78 is 18.4. The van der Waals surface area contributed by atoms with E-state index in [1.807, 2.05) is 0 Å². The molecule has 2 rings (SSSR count). The summed E-state index contributed by atoms with van der Waals surface area (Å²) in [7, 11) is 0. The van der Waals surface area contributed by atoms with Gasteiger partial charge in [-0.3, -0.25) is 9.80 Å². The van der Waals surface area contributed by atoms with Crippen LogP contribution >= 0.6 is 0 Å². The Kier molecular flexibility index (Phi) is 6.38. The number of benzene rings is 1. The maximum Gasteiger partial charge on any atom is 0.126 e. The van der Waals surface area contributed by atoms with Crippen LogP contribution in [0.15, 0.2) is 24.3 Å². The molecule has 1 heterocycles. The summed E-state index contributed by atoms with van der Waals surface area (Å²) in [6.45, 7) is 5.13. The zero-order valence-electron chi connectivity index (χ0n) is 12.1. The topological polar surface area (TPSA) is 56.2 Å². The zero-order valence-corrected chi connectivity index (χ0v) is 12.1. The lowest BCUT2D eigenvalue weighted by Gasteiger charge is -2.35. The summed E-state index contributed by atoms with van der Waals surface area (Å²) in [5.41, 5.74) is 0. The van der Waals surface area contributed by atoms with Crippen molar-refractivity contribution < 1.29 is 19.3 Å². The molecule has 2 N–H and O–H groups in total. The molecule has 21 heavy (non-hydrogen) atoms. The predicted octanol–water partition coefficient (Wildman–Crippen LogP) is 0.175. The Morgan fingerprint density at radius 2 is 1.90 bits per heavy atom. The molecule has 1 aliphatic heterocycles. The van der Waals surface area contributed by atoms with Crippen molar-refractivity contribution in [3.05, 3.63) is 30.1 Å². The van der Waals surface area contributed by atoms with E-state index in [0.717, 1.165) is 26.2 Å². The molecule has 0 bridgehead atoms. The number of β-amino-alcohol motifs (C(OH)–C–C–N with tert-alkyl or cyclic N) is 2. The van der Waals surface area contributed by atoms with Gasteiger partial charge in [0.1, 0.15) is 24.3 Å². The van der Waals surface area contributed by atoms with Gasteiger partial charge in [0.2, 0.25) is 0 Å². The monoisotopic (exact) mass is 298 g/mol. The van der Waals surface area contributed by atoms with E-state index in [2.05, 4.69) is 9.80 Å². The van der Waals surface area contributed by atoms with Crippen LogP contribution in [0.2, 0.25) is 0 Å². The Bertz CT molecular complexity index is 425. The van der Waals surface area contributed by atoms with Gasteiger partial charge in [-0.25, -0.2) is 4.39 Å². The standard InChI is InChI=1S/C15H23FN2O3/c16-13-2-1-3-15(10-13)21-12-14(20)11-18-6-4-17(5-7-18)8-9-19/h1-3,10,14,19-20H,4-9,11-12H2/t14-/m1/s1. The number of hydrogen-bond acceptors (Lipinski definition) is 5. The molecule has 0 unspecified atom stereocenters. The van der Waals surface area contributed by atoms with Gasteiger partial charge in [0, 0.05) is 45.3 Å². The van der Waals surface area contributed by atoms with Crippen molar-refractivity contribution in [3.8, 4) is 5.75 Å². The zero-order chi connectivity index (χ0) is 15.1. The van der Waals surface area contributed by atoms with Crippen LogP contribution in [0.5, 0.6) is 5.75 Å². The minimum Gasteiger partial charge on any atom is -0.491 e. The minimum absolute atomic E-state index is 0.153. The summed E-state index contributed by atoms with van der Waals surface area (Å²) in [6.07, 6.45) is -0.599. The highest BCUT2D eigenvalue weighted by Crippen LogP contribution is 2.12. The SMILES string of the molecule is OCCN1CCN(C[C@@H](O)COc2cccc(F)c2)CC1. The molecular weight excluding hydrogens is 275 g/mol. The van der Waals surface area contributed by atoms with E-state index in [9.17, 15) is 9.50 Å². The van der Waals surface area contributed by atoms with Crippen LogP contribution in [0.25, 0.3) is 0 Å². The molecule has 0 radical (unpaired) electrons. The van der Waals surface area contributed by atoms with Crippen LogP contribution in [0.4, 0.5) is 4.39 Å². The second-order valence-electron chi connectivity index (χ2n) is 5.29. The van der Waals surface area contributed by atoms with Crippen LogP contribution in [-0.4, -0.2) is 78.6 Å². The average Bonchev–Trinajstić information content (AvgIpc) is 2.48. The highest BCUT2D eigenvalue weighted by molar-refractivity contribution is 5.22. The molecule has 6 heteroatoms. The van der Waals surface area contributed by atoms with Crippen molar-refractivity contribution in [1.29, 1.82) is 0 Å². The molecule has 118 valence electrons. The molecule has 1 atom stereocenters. The molecule has 0 aliphatic carbocycles.